The Bertz CT molecular complexity index is 1050. The van der Waals surface area contributed by atoms with Crippen molar-refractivity contribution in [2.75, 3.05) is 16.6 Å². The van der Waals surface area contributed by atoms with Gasteiger partial charge >= 0.3 is 0 Å². The first-order valence-corrected chi connectivity index (χ1v) is 10.5. The molecule has 0 atom stereocenters. The van der Waals surface area contributed by atoms with Crippen molar-refractivity contribution < 1.29 is 21.9 Å². The lowest BCUT2D eigenvalue weighted by Crippen LogP contribution is -2.30. The lowest BCUT2D eigenvalue weighted by atomic mass is 10.2. The SMILES string of the molecule is Cc1ccc(Nc2c(F)c(F)cc3c2NS(=O)(=O)C2(C/C=C/CO3)CC2)cc1. The molecule has 1 fully saturated rings. The number of benzene rings is 2. The van der Waals surface area contributed by atoms with E-state index in [1.807, 2.05) is 19.1 Å². The van der Waals surface area contributed by atoms with Crippen molar-refractivity contribution in [3.8, 4) is 5.75 Å². The number of ether oxygens (including phenoxy) is 1. The fourth-order valence-electron chi connectivity index (χ4n) is 3.19. The monoisotopic (exact) mass is 406 g/mol. The molecule has 0 amide bonds. The molecular weight excluding hydrogens is 386 g/mol. The van der Waals surface area contributed by atoms with Gasteiger partial charge in [0.15, 0.2) is 11.6 Å². The Kier molecular flexibility index (Phi) is 4.53. The Hall–Kier alpha value is -2.61. The molecule has 0 saturated heterocycles. The van der Waals surface area contributed by atoms with Gasteiger partial charge in [-0.2, -0.15) is 0 Å². The molecule has 1 spiro atoms. The molecule has 0 radical (unpaired) electrons. The topological polar surface area (TPSA) is 67.4 Å². The first kappa shape index (κ1) is 18.7. The highest BCUT2D eigenvalue weighted by atomic mass is 32.2. The summed E-state index contributed by atoms with van der Waals surface area (Å²) in [5, 5.41) is 2.80. The summed E-state index contributed by atoms with van der Waals surface area (Å²) in [5.41, 5.74) is 1.07. The number of rotatable bonds is 2. The summed E-state index contributed by atoms with van der Waals surface area (Å²) in [5.74, 6) is -2.38. The van der Waals surface area contributed by atoms with Gasteiger partial charge in [0.2, 0.25) is 10.0 Å². The van der Waals surface area contributed by atoms with Crippen LogP contribution in [0.3, 0.4) is 0 Å². The highest BCUT2D eigenvalue weighted by Gasteiger charge is 2.54. The Morgan fingerprint density at radius 3 is 2.54 bits per heavy atom. The highest BCUT2D eigenvalue weighted by molar-refractivity contribution is 7.94. The molecule has 0 bridgehead atoms. The highest BCUT2D eigenvalue weighted by Crippen LogP contribution is 2.49. The largest absolute Gasteiger partial charge is 0.487 e. The zero-order chi connectivity index (χ0) is 19.9. The number of halogens is 2. The van der Waals surface area contributed by atoms with E-state index in [1.54, 1.807) is 24.3 Å². The number of nitrogens with one attached hydrogen (secondary N) is 2. The number of sulfonamides is 1. The zero-order valence-electron chi connectivity index (χ0n) is 15.3. The van der Waals surface area contributed by atoms with Gasteiger partial charge < -0.3 is 10.1 Å². The van der Waals surface area contributed by atoms with E-state index in [9.17, 15) is 17.2 Å². The molecule has 0 aromatic heterocycles. The first-order chi connectivity index (χ1) is 13.3. The minimum atomic E-state index is -3.82. The Morgan fingerprint density at radius 2 is 1.86 bits per heavy atom. The van der Waals surface area contributed by atoms with E-state index in [0.717, 1.165) is 11.6 Å². The maximum Gasteiger partial charge on any atom is 0.238 e. The molecule has 2 aromatic carbocycles. The third-order valence-electron chi connectivity index (χ3n) is 5.11. The lowest BCUT2D eigenvalue weighted by Gasteiger charge is -2.23. The molecule has 2 aromatic rings. The Balaban J connectivity index is 1.84. The van der Waals surface area contributed by atoms with Crippen molar-refractivity contribution in [3.63, 3.8) is 0 Å². The molecular formula is C20H20F2N2O3S. The van der Waals surface area contributed by atoms with Gasteiger partial charge in [-0.25, -0.2) is 17.2 Å². The molecule has 1 heterocycles. The normalized spacial score (nSPS) is 20.4. The van der Waals surface area contributed by atoms with Crippen LogP contribution in [0.15, 0.2) is 42.5 Å². The molecule has 2 aliphatic rings. The standard InChI is InChI=1S/C20H20F2N2O3S/c1-13-4-6-14(7-5-13)23-19-17(22)15(21)12-16-18(19)24-28(25,26)20(9-10-20)8-2-3-11-27-16/h2-7,12,23-24H,8-11H2,1H3/b3-2+. The van der Waals surface area contributed by atoms with Crippen LogP contribution in [-0.2, 0) is 10.0 Å². The predicted molar refractivity (Wildman–Crippen MR) is 105 cm³/mol. The second-order valence-corrected chi connectivity index (χ2v) is 9.26. The van der Waals surface area contributed by atoms with Crippen LogP contribution in [0.1, 0.15) is 24.8 Å². The summed E-state index contributed by atoms with van der Waals surface area (Å²) >= 11 is 0. The number of allylic oxidation sites excluding steroid dienone is 1. The second kappa shape index (κ2) is 6.77. The second-order valence-electron chi connectivity index (χ2n) is 7.19. The first-order valence-electron chi connectivity index (χ1n) is 8.97. The van der Waals surface area contributed by atoms with E-state index in [0.29, 0.717) is 24.9 Å². The van der Waals surface area contributed by atoms with Gasteiger partial charge in [0, 0.05) is 11.8 Å². The fourth-order valence-corrected chi connectivity index (χ4v) is 4.83. The van der Waals surface area contributed by atoms with E-state index in [4.69, 9.17) is 4.74 Å². The van der Waals surface area contributed by atoms with E-state index < -0.39 is 26.4 Å². The summed E-state index contributed by atoms with van der Waals surface area (Å²) in [4.78, 5) is 0. The van der Waals surface area contributed by atoms with Crippen LogP contribution < -0.4 is 14.8 Å². The van der Waals surface area contributed by atoms with Crippen LogP contribution >= 0.6 is 0 Å². The Morgan fingerprint density at radius 1 is 1.14 bits per heavy atom. The van der Waals surface area contributed by atoms with Gasteiger partial charge in [0.05, 0.1) is 4.75 Å². The average molecular weight is 406 g/mol. The van der Waals surface area contributed by atoms with Gasteiger partial charge in [-0.05, 0) is 38.3 Å². The van der Waals surface area contributed by atoms with Crippen molar-refractivity contribution in [1.82, 2.24) is 0 Å². The number of hydrogen-bond acceptors (Lipinski definition) is 4. The molecule has 0 unspecified atom stereocenters. The number of anilines is 3. The minimum Gasteiger partial charge on any atom is -0.487 e. The molecule has 28 heavy (non-hydrogen) atoms. The zero-order valence-corrected chi connectivity index (χ0v) is 16.1. The minimum absolute atomic E-state index is 0.0700. The molecule has 5 nitrogen and oxygen atoms in total. The van der Waals surface area contributed by atoms with Crippen molar-refractivity contribution in [2.24, 2.45) is 0 Å². The molecule has 1 aliphatic carbocycles. The maximum absolute atomic E-state index is 14.7. The smallest absolute Gasteiger partial charge is 0.238 e. The predicted octanol–water partition coefficient (Wildman–Crippen LogP) is 4.63. The molecule has 2 N–H and O–H groups in total. The Labute approximate surface area is 162 Å². The van der Waals surface area contributed by atoms with E-state index >= 15 is 0 Å². The molecule has 1 saturated carbocycles. The molecule has 148 valence electrons. The van der Waals surface area contributed by atoms with Gasteiger partial charge in [-0.1, -0.05) is 29.8 Å². The van der Waals surface area contributed by atoms with Crippen molar-refractivity contribution >= 4 is 27.1 Å². The summed E-state index contributed by atoms with van der Waals surface area (Å²) < 4.78 is 61.9. The van der Waals surface area contributed by atoms with Crippen LogP contribution in [0.25, 0.3) is 0 Å². The summed E-state index contributed by atoms with van der Waals surface area (Å²) in [7, 11) is -3.82. The van der Waals surface area contributed by atoms with Crippen LogP contribution in [0.5, 0.6) is 5.75 Å². The van der Waals surface area contributed by atoms with Crippen LogP contribution in [0, 0.1) is 18.6 Å². The third-order valence-corrected chi connectivity index (χ3v) is 7.30. The summed E-state index contributed by atoms with van der Waals surface area (Å²) in [6.45, 7) is 2.03. The molecule has 8 heteroatoms. The molecule has 1 aliphatic heterocycles. The number of fused-ring (bicyclic) bond motifs is 1. The van der Waals surface area contributed by atoms with Gasteiger partial charge in [0.25, 0.3) is 0 Å². The van der Waals surface area contributed by atoms with Crippen molar-refractivity contribution in [1.29, 1.82) is 0 Å². The summed E-state index contributed by atoms with van der Waals surface area (Å²) in [6, 6.07) is 7.88. The number of hydrogen-bond donors (Lipinski definition) is 2. The number of aryl methyl sites for hydroxylation is 1. The third kappa shape index (κ3) is 3.32. The van der Waals surface area contributed by atoms with Crippen LogP contribution in [0.2, 0.25) is 0 Å². The van der Waals surface area contributed by atoms with Gasteiger partial charge in [0.1, 0.15) is 23.7 Å². The van der Waals surface area contributed by atoms with E-state index in [-0.39, 0.29) is 23.7 Å². The fraction of sp³-hybridized carbons (Fsp3) is 0.300. The van der Waals surface area contributed by atoms with Gasteiger partial charge in [-0.15, -0.1) is 0 Å². The quantitative estimate of drug-likeness (QED) is 0.714. The lowest BCUT2D eigenvalue weighted by molar-refractivity contribution is 0.360. The van der Waals surface area contributed by atoms with Crippen LogP contribution in [-0.4, -0.2) is 19.8 Å². The molecule has 4 rings (SSSR count). The average Bonchev–Trinajstić information content (AvgIpc) is 3.44. The van der Waals surface area contributed by atoms with E-state index in [1.165, 1.54) is 0 Å². The summed E-state index contributed by atoms with van der Waals surface area (Å²) in [6.07, 6.45) is 4.84. The maximum atomic E-state index is 14.7. The van der Waals surface area contributed by atoms with Crippen molar-refractivity contribution in [2.45, 2.75) is 30.9 Å². The van der Waals surface area contributed by atoms with E-state index in [2.05, 4.69) is 10.0 Å². The van der Waals surface area contributed by atoms with Crippen molar-refractivity contribution in [3.05, 3.63) is 59.7 Å². The van der Waals surface area contributed by atoms with Crippen LogP contribution in [0.4, 0.5) is 25.8 Å². The van der Waals surface area contributed by atoms with Gasteiger partial charge in [-0.3, -0.25) is 4.72 Å².